The zero-order valence-electron chi connectivity index (χ0n) is 20.0. The van der Waals surface area contributed by atoms with Gasteiger partial charge in [-0.1, -0.05) is 60.7 Å². The number of hydrogen-bond donors (Lipinski definition) is 0. The van der Waals surface area contributed by atoms with Crippen LogP contribution in [0.5, 0.6) is 17.2 Å². The highest BCUT2D eigenvalue weighted by Crippen LogP contribution is 2.34. The quantitative estimate of drug-likeness (QED) is 0.320. The van der Waals surface area contributed by atoms with Crippen molar-refractivity contribution in [3.05, 3.63) is 91.0 Å². The average molecular weight is 467 g/mol. The Kier molecular flexibility index (Phi) is 6.16. The number of rotatable bonds is 8. The first-order chi connectivity index (χ1) is 16.7. The lowest BCUT2D eigenvalue weighted by Gasteiger charge is -2.32. The molecule has 1 aliphatic heterocycles. The van der Waals surface area contributed by atoms with E-state index in [9.17, 15) is 0 Å². The standard InChI is InChI=1S/C30H30O3Si/c1-4-31-22-16-18-28-25(20-22)26-21-23(32-5-2)17-19-29(26)34(28,24-12-8-7-9-13-24)30-15-11-10-14-27(30)33-6-3/h7-21H,4-6H2,1-3H3. The Morgan fingerprint density at radius 3 is 1.62 bits per heavy atom. The highest BCUT2D eigenvalue weighted by molar-refractivity contribution is 7.22. The molecule has 3 nitrogen and oxygen atoms in total. The smallest absolute Gasteiger partial charge is 0.185 e. The van der Waals surface area contributed by atoms with Crippen LogP contribution >= 0.6 is 0 Å². The second-order valence-electron chi connectivity index (χ2n) is 8.33. The second-order valence-corrected chi connectivity index (χ2v) is 12.0. The first-order valence-electron chi connectivity index (χ1n) is 12.1. The van der Waals surface area contributed by atoms with Crippen molar-refractivity contribution in [2.75, 3.05) is 19.8 Å². The summed E-state index contributed by atoms with van der Waals surface area (Å²) in [7, 11) is -2.64. The number of hydrogen-bond acceptors (Lipinski definition) is 3. The van der Waals surface area contributed by atoms with E-state index in [0.29, 0.717) is 19.8 Å². The Morgan fingerprint density at radius 1 is 0.529 bits per heavy atom. The molecule has 0 N–H and O–H groups in total. The molecular formula is C30H30O3Si. The third kappa shape index (κ3) is 3.50. The second kappa shape index (κ2) is 9.39. The summed E-state index contributed by atoms with van der Waals surface area (Å²) < 4.78 is 18.1. The van der Waals surface area contributed by atoms with Crippen LogP contribution in [0.25, 0.3) is 11.1 Å². The van der Waals surface area contributed by atoms with Gasteiger partial charge in [-0.2, -0.15) is 0 Å². The van der Waals surface area contributed by atoms with Crippen LogP contribution in [0.4, 0.5) is 0 Å². The summed E-state index contributed by atoms with van der Waals surface area (Å²) in [6, 6.07) is 32.7. The van der Waals surface area contributed by atoms with Gasteiger partial charge in [-0.25, -0.2) is 0 Å². The summed E-state index contributed by atoms with van der Waals surface area (Å²) in [6.45, 7) is 8.00. The molecule has 0 aliphatic carbocycles. The van der Waals surface area contributed by atoms with Gasteiger partial charge in [0.15, 0.2) is 8.07 Å². The van der Waals surface area contributed by atoms with Gasteiger partial charge in [-0.05, 0) is 83.0 Å². The van der Waals surface area contributed by atoms with Gasteiger partial charge >= 0.3 is 0 Å². The first-order valence-corrected chi connectivity index (χ1v) is 14.1. The molecule has 0 unspecified atom stereocenters. The van der Waals surface area contributed by atoms with Crippen molar-refractivity contribution in [3.63, 3.8) is 0 Å². The van der Waals surface area contributed by atoms with E-state index in [0.717, 1.165) is 17.2 Å². The number of ether oxygens (including phenoxy) is 3. The van der Waals surface area contributed by atoms with Gasteiger partial charge in [-0.15, -0.1) is 0 Å². The molecule has 0 radical (unpaired) electrons. The molecule has 34 heavy (non-hydrogen) atoms. The molecule has 4 aromatic carbocycles. The lowest BCUT2D eigenvalue weighted by Crippen LogP contribution is -2.73. The Hall–Kier alpha value is -3.50. The largest absolute Gasteiger partial charge is 0.494 e. The molecule has 0 bridgehead atoms. The monoisotopic (exact) mass is 466 g/mol. The predicted octanol–water partition coefficient (Wildman–Crippen LogP) is 4.24. The van der Waals surface area contributed by atoms with Crippen LogP contribution in [-0.4, -0.2) is 27.9 Å². The fourth-order valence-electron chi connectivity index (χ4n) is 5.31. The van der Waals surface area contributed by atoms with Gasteiger partial charge in [-0.3, -0.25) is 0 Å². The summed E-state index contributed by atoms with van der Waals surface area (Å²) >= 11 is 0. The van der Waals surface area contributed by atoms with Crippen molar-refractivity contribution < 1.29 is 14.2 Å². The van der Waals surface area contributed by atoms with Crippen molar-refractivity contribution in [1.82, 2.24) is 0 Å². The summed E-state index contributed by atoms with van der Waals surface area (Å²) in [6.07, 6.45) is 0. The van der Waals surface area contributed by atoms with Crippen molar-refractivity contribution in [1.29, 1.82) is 0 Å². The van der Waals surface area contributed by atoms with Crippen molar-refractivity contribution in [2.24, 2.45) is 0 Å². The van der Waals surface area contributed by atoms with Crippen molar-refractivity contribution >= 4 is 28.8 Å². The van der Waals surface area contributed by atoms with Gasteiger partial charge in [0.25, 0.3) is 0 Å². The molecule has 0 amide bonds. The Morgan fingerprint density at radius 2 is 1.06 bits per heavy atom. The zero-order chi connectivity index (χ0) is 23.5. The average Bonchev–Trinajstić information content (AvgIpc) is 3.15. The van der Waals surface area contributed by atoms with Crippen LogP contribution in [0.2, 0.25) is 0 Å². The molecule has 1 aliphatic rings. The molecule has 4 heteroatoms. The lowest BCUT2D eigenvalue weighted by molar-refractivity contribution is 0.340. The van der Waals surface area contributed by atoms with Gasteiger partial charge in [0.1, 0.15) is 17.2 Å². The van der Waals surface area contributed by atoms with E-state index < -0.39 is 8.07 Å². The van der Waals surface area contributed by atoms with Crippen LogP contribution < -0.4 is 35.0 Å². The minimum Gasteiger partial charge on any atom is -0.494 e. The fourth-order valence-corrected chi connectivity index (χ4v) is 10.6. The maximum Gasteiger partial charge on any atom is 0.185 e. The summed E-state index contributed by atoms with van der Waals surface area (Å²) in [5.41, 5.74) is 2.45. The minimum atomic E-state index is -2.64. The van der Waals surface area contributed by atoms with E-state index in [2.05, 4.69) is 91.0 Å². The minimum absolute atomic E-state index is 0.628. The molecule has 4 aromatic rings. The normalized spacial score (nSPS) is 13.1. The van der Waals surface area contributed by atoms with E-state index in [1.54, 1.807) is 0 Å². The van der Waals surface area contributed by atoms with Crippen molar-refractivity contribution in [3.8, 4) is 28.4 Å². The third-order valence-corrected chi connectivity index (χ3v) is 11.4. The van der Waals surface area contributed by atoms with E-state index in [1.807, 2.05) is 20.8 Å². The Bertz CT molecular complexity index is 1240. The van der Waals surface area contributed by atoms with Gasteiger partial charge in [0.05, 0.1) is 19.8 Å². The maximum atomic E-state index is 6.24. The fraction of sp³-hybridized carbons (Fsp3) is 0.200. The highest BCUT2D eigenvalue weighted by Gasteiger charge is 2.50. The number of benzene rings is 4. The van der Waals surface area contributed by atoms with Crippen molar-refractivity contribution in [2.45, 2.75) is 20.8 Å². The highest BCUT2D eigenvalue weighted by atomic mass is 28.3. The first kappa shape index (κ1) is 22.3. The number of fused-ring (bicyclic) bond motifs is 3. The molecule has 0 atom stereocenters. The van der Waals surface area contributed by atoms with Crippen LogP contribution in [0, 0.1) is 0 Å². The molecule has 1 heterocycles. The van der Waals surface area contributed by atoms with Crippen LogP contribution in [-0.2, 0) is 0 Å². The number of para-hydroxylation sites is 1. The predicted molar refractivity (Wildman–Crippen MR) is 143 cm³/mol. The molecule has 0 fully saturated rings. The topological polar surface area (TPSA) is 27.7 Å². The zero-order valence-corrected chi connectivity index (χ0v) is 21.0. The van der Waals surface area contributed by atoms with Crippen LogP contribution in [0.3, 0.4) is 0 Å². The lowest BCUT2D eigenvalue weighted by atomic mass is 10.1. The molecule has 5 rings (SSSR count). The van der Waals surface area contributed by atoms with Gasteiger partial charge in [0.2, 0.25) is 0 Å². The van der Waals surface area contributed by atoms with E-state index in [1.165, 1.54) is 31.9 Å². The summed E-state index contributed by atoms with van der Waals surface area (Å²) in [5.74, 6) is 2.75. The molecule has 0 aromatic heterocycles. The summed E-state index contributed by atoms with van der Waals surface area (Å²) in [4.78, 5) is 0. The van der Waals surface area contributed by atoms with E-state index in [4.69, 9.17) is 14.2 Å². The van der Waals surface area contributed by atoms with E-state index in [-0.39, 0.29) is 0 Å². The molecule has 0 saturated carbocycles. The van der Waals surface area contributed by atoms with Crippen LogP contribution in [0.1, 0.15) is 20.8 Å². The summed E-state index contributed by atoms with van der Waals surface area (Å²) in [5, 5.41) is 5.34. The molecular weight excluding hydrogens is 436 g/mol. The molecule has 0 saturated heterocycles. The Balaban J connectivity index is 1.90. The Labute approximate surface area is 203 Å². The maximum absolute atomic E-state index is 6.24. The van der Waals surface area contributed by atoms with Gasteiger partial charge < -0.3 is 14.2 Å². The third-order valence-electron chi connectivity index (χ3n) is 6.50. The molecule has 172 valence electrons. The molecule has 0 spiro atoms. The van der Waals surface area contributed by atoms with E-state index >= 15 is 0 Å². The SMILES string of the molecule is CCOc1ccc2c(c1)-c1cc(OCC)ccc1[Si]2(c1ccccc1)c1ccccc1OCC. The van der Waals surface area contributed by atoms with Crippen LogP contribution in [0.15, 0.2) is 91.0 Å². The van der Waals surface area contributed by atoms with Gasteiger partial charge in [0, 0.05) is 0 Å².